The van der Waals surface area contributed by atoms with Gasteiger partial charge in [-0.05, 0) is 46.8 Å². The second kappa shape index (κ2) is 9.73. The number of benzene rings is 1. The average Bonchev–Trinajstić information content (AvgIpc) is 3.11. The van der Waals surface area contributed by atoms with E-state index in [1.54, 1.807) is 0 Å². The van der Waals surface area contributed by atoms with E-state index >= 15 is 0 Å². The number of aliphatic hydroxyl groups excluding tert-OH is 1. The smallest absolute Gasteiger partial charge is 0.297 e. The van der Waals surface area contributed by atoms with Crippen LogP contribution in [0.5, 0.6) is 0 Å². The lowest BCUT2D eigenvalue weighted by molar-refractivity contribution is 0.0881. The van der Waals surface area contributed by atoms with Crippen molar-refractivity contribution >= 4 is 10.1 Å². The van der Waals surface area contributed by atoms with Gasteiger partial charge in [-0.3, -0.25) is 4.18 Å². The first-order chi connectivity index (χ1) is 13.0. The van der Waals surface area contributed by atoms with E-state index in [0.29, 0.717) is 23.2 Å². The van der Waals surface area contributed by atoms with Crippen LogP contribution in [0.15, 0.2) is 17.0 Å². The summed E-state index contributed by atoms with van der Waals surface area (Å²) in [6.45, 7) is 12.1. The van der Waals surface area contributed by atoms with Crippen molar-refractivity contribution < 1.29 is 17.7 Å². The second-order valence-corrected chi connectivity index (χ2v) is 10.8. The predicted molar refractivity (Wildman–Crippen MR) is 114 cm³/mol. The molecule has 0 unspecified atom stereocenters. The maximum Gasteiger partial charge on any atom is 0.297 e. The molecule has 0 spiro atoms. The first kappa shape index (κ1) is 23.4. The van der Waals surface area contributed by atoms with Gasteiger partial charge in [-0.2, -0.15) is 8.42 Å². The lowest BCUT2D eigenvalue weighted by atomic mass is 9.89. The van der Waals surface area contributed by atoms with E-state index in [-0.39, 0.29) is 18.4 Å². The Bertz CT molecular complexity index is 715. The van der Waals surface area contributed by atoms with Gasteiger partial charge in [-0.1, -0.05) is 79.4 Å². The third-order valence-corrected chi connectivity index (χ3v) is 7.24. The predicted octanol–water partition coefficient (Wildman–Crippen LogP) is 5.70. The standard InChI is InChI=1S/C23H38O4S/c1-15(2)19-12-21(16(3)4)23(22(13-19)17(5)6)28(25,26)27-14-20(24)11-18-9-7-8-10-18/h12-13,15-18,20,24H,7-11,14H2,1-6H3/t20-/m0/s1. The maximum absolute atomic E-state index is 13.2. The molecule has 0 aromatic heterocycles. The molecule has 0 saturated heterocycles. The largest absolute Gasteiger partial charge is 0.391 e. The quantitative estimate of drug-likeness (QED) is 0.530. The Kier molecular flexibility index (Phi) is 8.12. The Balaban J connectivity index is 2.31. The topological polar surface area (TPSA) is 63.6 Å². The van der Waals surface area contributed by atoms with Crippen molar-refractivity contribution in [2.24, 2.45) is 5.92 Å². The zero-order chi connectivity index (χ0) is 21.1. The molecule has 1 aromatic rings. The van der Waals surface area contributed by atoms with Gasteiger partial charge in [0.2, 0.25) is 0 Å². The van der Waals surface area contributed by atoms with Gasteiger partial charge in [0.15, 0.2) is 0 Å². The molecule has 1 N–H and O–H groups in total. The molecule has 1 aliphatic carbocycles. The highest BCUT2D eigenvalue weighted by Crippen LogP contribution is 2.36. The molecule has 0 radical (unpaired) electrons. The second-order valence-electron chi connectivity index (χ2n) is 9.27. The van der Waals surface area contributed by atoms with Crippen LogP contribution in [0.3, 0.4) is 0 Å². The molecular weight excluding hydrogens is 372 g/mol. The zero-order valence-corrected chi connectivity index (χ0v) is 19.2. The van der Waals surface area contributed by atoms with Gasteiger partial charge in [0, 0.05) is 0 Å². The van der Waals surface area contributed by atoms with Gasteiger partial charge in [0.25, 0.3) is 10.1 Å². The van der Waals surface area contributed by atoms with E-state index in [1.165, 1.54) is 12.8 Å². The molecule has 0 amide bonds. The van der Waals surface area contributed by atoms with E-state index in [1.807, 2.05) is 39.8 Å². The normalized spacial score (nSPS) is 17.2. The Hall–Kier alpha value is -0.910. The minimum Gasteiger partial charge on any atom is -0.391 e. The molecule has 0 heterocycles. The maximum atomic E-state index is 13.2. The molecule has 4 nitrogen and oxygen atoms in total. The summed E-state index contributed by atoms with van der Waals surface area (Å²) in [7, 11) is -3.94. The summed E-state index contributed by atoms with van der Waals surface area (Å²) in [6, 6.07) is 4.01. The van der Waals surface area contributed by atoms with Crippen LogP contribution in [-0.4, -0.2) is 26.2 Å². The summed E-state index contributed by atoms with van der Waals surface area (Å²) in [4.78, 5) is 0.301. The first-order valence-corrected chi connectivity index (χ1v) is 12.2. The van der Waals surface area contributed by atoms with Crippen LogP contribution in [0.2, 0.25) is 0 Å². The molecular formula is C23H38O4S. The molecule has 5 heteroatoms. The van der Waals surface area contributed by atoms with Crippen molar-refractivity contribution in [3.05, 3.63) is 28.8 Å². The number of rotatable bonds is 9. The van der Waals surface area contributed by atoms with Crippen LogP contribution in [-0.2, 0) is 14.3 Å². The minimum absolute atomic E-state index is 0.0630. The summed E-state index contributed by atoms with van der Waals surface area (Å²) in [5.74, 6) is 0.936. The van der Waals surface area contributed by atoms with Gasteiger partial charge < -0.3 is 5.11 Å². The van der Waals surface area contributed by atoms with Crippen molar-refractivity contribution in [1.82, 2.24) is 0 Å². The van der Waals surface area contributed by atoms with Crippen LogP contribution in [0.25, 0.3) is 0 Å². The molecule has 160 valence electrons. The lowest BCUT2D eigenvalue weighted by Crippen LogP contribution is -2.23. The number of hydrogen-bond acceptors (Lipinski definition) is 4. The fourth-order valence-electron chi connectivity index (χ4n) is 4.10. The minimum atomic E-state index is -3.94. The van der Waals surface area contributed by atoms with E-state index < -0.39 is 16.2 Å². The molecule has 1 saturated carbocycles. The van der Waals surface area contributed by atoms with Crippen molar-refractivity contribution in [3.63, 3.8) is 0 Å². The van der Waals surface area contributed by atoms with Gasteiger partial charge in [0.05, 0.1) is 12.7 Å². The van der Waals surface area contributed by atoms with Crippen LogP contribution in [0, 0.1) is 5.92 Å². The van der Waals surface area contributed by atoms with Gasteiger partial charge in [-0.15, -0.1) is 0 Å². The Labute approximate surface area is 171 Å². The first-order valence-electron chi connectivity index (χ1n) is 10.8. The highest BCUT2D eigenvalue weighted by Gasteiger charge is 2.29. The van der Waals surface area contributed by atoms with E-state index in [9.17, 15) is 13.5 Å². The molecule has 1 aliphatic rings. The van der Waals surface area contributed by atoms with Crippen LogP contribution in [0.4, 0.5) is 0 Å². The Morgan fingerprint density at radius 1 is 0.964 bits per heavy atom. The molecule has 1 aromatic carbocycles. The summed E-state index contributed by atoms with van der Waals surface area (Å²) in [5.41, 5.74) is 2.76. The van der Waals surface area contributed by atoms with Crippen LogP contribution in [0.1, 0.15) is 108 Å². The molecule has 28 heavy (non-hydrogen) atoms. The average molecular weight is 411 g/mol. The fourth-order valence-corrected chi connectivity index (χ4v) is 5.72. The third-order valence-electron chi connectivity index (χ3n) is 5.83. The van der Waals surface area contributed by atoms with Crippen molar-refractivity contribution in [2.75, 3.05) is 6.61 Å². The van der Waals surface area contributed by atoms with Crippen LogP contribution >= 0.6 is 0 Å². The summed E-state index contributed by atoms with van der Waals surface area (Å²) < 4.78 is 31.7. The molecule has 2 rings (SSSR count). The molecule has 0 bridgehead atoms. The number of hydrogen-bond donors (Lipinski definition) is 1. The zero-order valence-electron chi connectivity index (χ0n) is 18.4. The van der Waals surface area contributed by atoms with Crippen LogP contribution < -0.4 is 0 Å². The molecule has 1 atom stereocenters. The van der Waals surface area contributed by atoms with Gasteiger partial charge >= 0.3 is 0 Å². The summed E-state index contributed by atoms with van der Waals surface area (Å²) >= 11 is 0. The molecule has 0 aliphatic heterocycles. The van der Waals surface area contributed by atoms with Crippen molar-refractivity contribution in [3.8, 4) is 0 Å². The highest BCUT2D eigenvalue weighted by atomic mass is 32.2. The fraction of sp³-hybridized carbons (Fsp3) is 0.739. The van der Waals surface area contributed by atoms with E-state index in [0.717, 1.165) is 29.5 Å². The van der Waals surface area contributed by atoms with E-state index in [2.05, 4.69) is 13.8 Å². The Morgan fingerprint density at radius 3 is 1.89 bits per heavy atom. The Morgan fingerprint density at radius 2 is 1.46 bits per heavy atom. The summed E-state index contributed by atoms with van der Waals surface area (Å²) in [5, 5.41) is 10.3. The van der Waals surface area contributed by atoms with Gasteiger partial charge in [0.1, 0.15) is 4.90 Å². The summed E-state index contributed by atoms with van der Waals surface area (Å²) in [6.07, 6.45) is 4.53. The monoisotopic (exact) mass is 410 g/mol. The highest BCUT2D eigenvalue weighted by molar-refractivity contribution is 7.86. The van der Waals surface area contributed by atoms with Crippen molar-refractivity contribution in [1.29, 1.82) is 0 Å². The third kappa shape index (κ3) is 5.80. The van der Waals surface area contributed by atoms with Crippen molar-refractivity contribution in [2.45, 2.75) is 102 Å². The molecule has 1 fully saturated rings. The number of aliphatic hydroxyl groups is 1. The van der Waals surface area contributed by atoms with Gasteiger partial charge in [-0.25, -0.2) is 0 Å². The van der Waals surface area contributed by atoms with E-state index in [4.69, 9.17) is 4.18 Å². The SMILES string of the molecule is CC(C)c1cc(C(C)C)c(S(=O)(=O)OC[C@@H](O)CC2CCCC2)c(C(C)C)c1. The lowest BCUT2D eigenvalue weighted by Gasteiger charge is -2.23.